The molecule has 0 saturated heterocycles. The summed E-state index contributed by atoms with van der Waals surface area (Å²) in [7, 11) is 0. The van der Waals surface area contributed by atoms with Crippen LogP contribution in [0.15, 0.2) is 5.38 Å². The molecule has 2 N–H and O–H groups in total. The number of nitrogens with zero attached hydrogens (tertiary/aromatic N) is 1. The molecule has 1 aliphatic carbocycles. The number of nitrogens with two attached hydrogens (primary N) is 1. The van der Waals surface area contributed by atoms with Crippen LogP contribution in [0, 0.1) is 5.41 Å². The van der Waals surface area contributed by atoms with Crippen molar-refractivity contribution >= 4 is 11.3 Å². The van der Waals surface area contributed by atoms with Crippen LogP contribution in [0.4, 0.5) is 0 Å². The lowest BCUT2D eigenvalue weighted by atomic mass is 9.83. The molecule has 1 aromatic heterocycles. The van der Waals surface area contributed by atoms with E-state index in [1.165, 1.54) is 30.0 Å². The highest BCUT2D eigenvalue weighted by Gasteiger charge is 2.22. The Bertz CT molecular complexity index is 339. The van der Waals surface area contributed by atoms with Crippen molar-refractivity contribution in [3.8, 4) is 0 Å². The van der Waals surface area contributed by atoms with Crippen LogP contribution in [-0.4, -0.2) is 11.5 Å². The van der Waals surface area contributed by atoms with E-state index in [0.717, 1.165) is 25.3 Å². The van der Waals surface area contributed by atoms with Crippen molar-refractivity contribution < 1.29 is 0 Å². The molecule has 0 spiro atoms. The van der Waals surface area contributed by atoms with Gasteiger partial charge in [0, 0.05) is 11.3 Å². The summed E-state index contributed by atoms with van der Waals surface area (Å²) >= 11 is 1.83. The maximum absolute atomic E-state index is 5.74. The number of hydrogen-bond acceptors (Lipinski definition) is 3. The Morgan fingerprint density at radius 1 is 1.50 bits per heavy atom. The van der Waals surface area contributed by atoms with Gasteiger partial charge < -0.3 is 5.73 Å². The van der Waals surface area contributed by atoms with E-state index < -0.39 is 0 Å². The Balaban J connectivity index is 1.87. The molecule has 1 fully saturated rings. The summed E-state index contributed by atoms with van der Waals surface area (Å²) in [5, 5.41) is 3.55. The summed E-state index contributed by atoms with van der Waals surface area (Å²) in [4.78, 5) is 4.75. The van der Waals surface area contributed by atoms with Crippen molar-refractivity contribution in [3.63, 3.8) is 0 Å². The Kier molecular flexibility index (Phi) is 3.65. The molecule has 1 aliphatic rings. The fraction of sp³-hybridized carbons (Fsp3) is 0.769. The highest BCUT2D eigenvalue weighted by molar-refractivity contribution is 7.09. The lowest BCUT2D eigenvalue weighted by molar-refractivity contribution is 0.347. The molecule has 1 aromatic rings. The summed E-state index contributed by atoms with van der Waals surface area (Å²) in [5.74, 6) is 0.771. The topological polar surface area (TPSA) is 38.9 Å². The Morgan fingerprint density at radius 3 is 2.81 bits per heavy atom. The molecule has 0 unspecified atom stereocenters. The summed E-state index contributed by atoms with van der Waals surface area (Å²) < 4.78 is 0. The second kappa shape index (κ2) is 4.84. The van der Waals surface area contributed by atoms with Crippen molar-refractivity contribution in [2.45, 2.75) is 51.9 Å². The summed E-state index contributed by atoms with van der Waals surface area (Å²) in [6.07, 6.45) is 6.30. The molecule has 1 saturated carbocycles. The smallest absolute Gasteiger partial charge is 0.0928 e. The molecule has 2 rings (SSSR count). The van der Waals surface area contributed by atoms with E-state index in [2.05, 4.69) is 19.2 Å². The van der Waals surface area contributed by atoms with E-state index in [4.69, 9.17) is 10.7 Å². The minimum atomic E-state index is 0.252. The zero-order chi connectivity index (χ0) is 11.6. The molecular weight excluding hydrogens is 216 g/mol. The standard InChI is InChI=1S/C13H22N2S/c1-13(2,9-14)7-6-12-15-11(8-16-12)10-4-3-5-10/h8,10H,3-7,9,14H2,1-2H3. The van der Waals surface area contributed by atoms with Gasteiger partial charge in [0.05, 0.1) is 10.7 Å². The van der Waals surface area contributed by atoms with Gasteiger partial charge in [-0.2, -0.15) is 0 Å². The van der Waals surface area contributed by atoms with Crippen LogP contribution in [0.1, 0.15) is 56.2 Å². The second-order valence-electron chi connectivity index (χ2n) is 5.66. The lowest BCUT2D eigenvalue weighted by Gasteiger charge is -2.23. The van der Waals surface area contributed by atoms with Gasteiger partial charge in [-0.3, -0.25) is 0 Å². The van der Waals surface area contributed by atoms with Crippen LogP contribution < -0.4 is 5.73 Å². The summed E-state index contributed by atoms with van der Waals surface area (Å²) in [6.45, 7) is 5.22. The molecule has 0 radical (unpaired) electrons. The van der Waals surface area contributed by atoms with Gasteiger partial charge in [-0.15, -0.1) is 11.3 Å². The first-order chi connectivity index (χ1) is 7.61. The van der Waals surface area contributed by atoms with Crippen molar-refractivity contribution in [3.05, 3.63) is 16.1 Å². The van der Waals surface area contributed by atoms with Crippen LogP contribution in [0.3, 0.4) is 0 Å². The molecule has 0 amide bonds. The highest BCUT2D eigenvalue weighted by Crippen LogP contribution is 2.36. The zero-order valence-electron chi connectivity index (χ0n) is 10.3. The number of aromatic nitrogens is 1. The molecule has 0 bridgehead atoms. The van der Waals surface area contributed by atoms with Gasteiger partial charge in [-0.1, -0.05) is 20.3 Å². The molecule has 2 nitrogen and oxygen atoms in total. The monoisotopic (exact) mass is 238 g/mol. The van der Waals surface area contributed by atoms with Crippen LogP contribution in [0.5, 0.6) is 0 Å². The lowest BCUT2D eigenvalue weighted by Crippen LogP contribution is -2.24. The second-order valence-corrected chi connectivity index (χ2v) is 6.60. The van der Waals surface area contributed by atoms with E-state index >= 15 is 0 Å². The zero-order valence-corrected chi connectivity index (χ0v) is 11.1. The molecule has 0 aliphatic heterocycles. The number of thiazole rings is 1. The van der Waals surface area contributed by atoms with Crippen molar-refractivity contribution in [1.82, 2.24) is 4.98 Å². The highest BCUT2D eigenvalue weighted by atomic mass is 32.1. The summed E-state index contributed by atoms with van der Waals surface area (Å²) in [6, 6.07) is 0. The number of rotatable bonds is 5. The molecule has 90 valence electrons. The van der Waals surface area contributed by atoms with Crippen LogP contribution in [0.25, 0.3) is 0 Å². The minimum absolute atomic E-state index is 0.252. The van der Waals surface area contributed by atoms with Gasteiger partial charge in [0.1, 0.15) is 0 Å². The normalized spacial score (nSPS) is 17.4. The van der Waals surface area contributed by atoms with Gasteiger partial charge in [-0.05, 0) is 37.6 Å². The minimum Gasteiger partial charge on any atom is -0.330 e. The largest absolute Gasteiger partial charge is 0.330 e. The van der Waals surface area contributed by atoms with E-state index in [1.54, 1.807) is 0 Å². The fourth-order valence-electron chi connectivity index (χ4n) is 1.88. The Hall–Kier alpha value is -0.410. The van der Waals surface area contributed by atoms with Crippen molar-refractivity contribution in [2.24, 2.45) is 11.1 Å². The maximum atomic E-state index is 5.74. The van der Waals surface area contributed by atoms with Crippen molar-refractivity contribution in [1.29, 1.82) is 0 Å². The maximum Gasteiger partial charge on any atom is 0.0928 e. The molecule has 1 heterocycles. The third-order valence-corrected chi connectivity index (χ3v) is 4.59. The van der Waals surface area contributed by atoms with Gasteiger partial charge in [0.25, 0.3) is 0 Å². The molecule has 0 aromatic carbocycles. The number of hydrogen-bond donors (Lipinski definition) is 1. The number of aryl methyl sites for hydroxylation is 1. The third-order valence-electron chi connectivity index (χ3n) is 3.66. The van der Waals surface area contributed by atoms with Crippen LogP contribution >= 0.6 is 11.3 Å². The Labute approximate surface area is 102 Å². The first-order valence-electron chi connectivity index (χ1n) is 6.25. The summed E-state index contributed by atoms with van der Waals surface area (Å²) in [5.41, 5.74) is 7.33. The molecule has 0 atom stereocenters. The van der Waals surface area contributed by atoms with E-state index in [1.807, 2.05) is 11.3 Å². The van der Waals surface area contributed by atoms with Crippen molar-refractivity contribution in [2.75, 3.05) is 6.54 Å². The average Bonchev–Trinajstić information content (AvgIpc) is 2.61. The Morgan fingerprint density at radius 2 is 2.25 bits per heavy atom. The van der Waals surface area contributed by atoms with E-state index in [-0.39, 0.29) is 5.41 Å². The average molecular weight is 238 g/mol. The van der Waals surface area contributed by atoms with Gasteiger partial charge in [-0.25, -0.2) is 4.98 Å². The predicted molar refractivity (Wildman–Crippen MR) is 69.9 cm³/mol. The van der Waals surface area contributed by atoms with Crippen LogP contribution in [-0.2, 0) is 6.42 Å². The van der Waals surface area contributed by atoms with Gasteiger partial charge in [0.2, 0.25) is 0 Å². The first kappa shape index (κ1) is 12.1. The molecule has 3 heteroatoms. The third kappa shape index (κ3) is 2.83. The SMILES string of the molecule is CC(C)(CN)CCc1nc(C2CCC2)cs1. The van der Waals surface area contributed by atoms with Gasteiger partial charge in [0.15, 0.2) is 0 Å². The van der Waals surface area contributed by atoms with Gasteiger partial charge >= 0.3 is 0 Å². The first-order valence-corrected chi connectivity index (χ1v) is 7.13. The molecular formula is C13H22N2S. The molecule has 16 heavy (non-hydrogen) atoms. The quantitative estimate of drug-likeness (QED) is 0.854. The fourth-order valence-corrected chi connectivity index (χ4v) is 2.76. The van der Waals surface area contributed by atoms with E-state index in [9.17, 15) is 0 Å². The van der Waals surface area contributed by atoms with E-state index in [0.29, 0.717) is 0 Å². The van der Waals surface area contributed by atoms with Crippen LogP contribution in [0.2, 0.25) is 0 Å². The predicted octanol–water partition coefficient (Wildman–Crippen LogP) is 3.33.